The maximum absolute atomic E-state index is 13.0. The number of cyclic esters (lactones) is 1. The Balaban J connectivity index is 1.77. The molecule has 1 amide bonds. The van der Waals surface area contributed by atoms with Gasteiger partial charge >= 0.3 is 12.3 Å². The van der Waals surface area contributed by atoms with E-state index in [1.54, 1.807) is 26.0 Å². The first-order valence-corrected chi connectivity index (χ1v) is 9.72. The number of carbonyl (C=O) groups excluding carboxylic acids is 1. The normalized spacial score (nSPS) is 15.7. The molecule has 1 fully saturated rings. The molecule has 4 heterocycles. The van der Waals surface area contributed by atoms with Gasteiger partial charge in [0.15, 0.2) is 5.82 Å². The van der Waals surface area contributed by atoms with Crippen LogP contribution >= 0.6 is 0 Å². The van der Waals surface area contributed by atoms with Crippen LogP contribution in [0, 0.1) is 6.92 Å². The largest absolute Gasteiger partial charge is 0.441 e. The van der Waals surface area contributed by atoms with Gasteiger partial charge in [0.2, 0.25) is 5.95 Å². The van der Waals surface area contributed by atoms with Gasteiger partial charge in [-0.25, -0.2) is 19.7 Å². The molecule has 166 valence electrons. The Kier molecular flexibility index (Phi) is 5.27. The second-order valence-electron chi connectivity index (χ2n) is 7.98. The Morgan fingerprint density at radius 1 is 1.12 bits per heavy atom. The molecule has 1 aliphatic rings. The van der Waals surface area contributed by atoms with Crippen molar-refractivity contribution >= 4 is 12.0 Å². The minimum atomic E-state index is -4.57. The Labute approximate surface area is 181 Å². The summed E-state index contributed by atoms with van der Waals surface area (Å²) < 4.78 is 44.5. The smallest absolute Gasteiger partial charge is 0.433 e. The molecule has 0 saturated carbocycles. The van der Waals surface area contributed by atoms with E-state index in [1.807, 2.05) is 13.0 Å². The van der Waals surface area contributed by atoms with E-state index in [0.29, 0.717) is 11.3 Å². The lowest BCUT2D eigenvalue weighted by atomic mass is 10.1. The van der Waals surface area contributed by atoms with Crippen molar-refractivity contribution in [1.82, 2.24) is 24.9 Å². The first kappa shape index (κ1) is 21.6. The van der Waals surface area contributed by atoms with Crippen LogP contribution in [0.15, 0.2) is 36.5 Å². The molecule has 0 spiro atoms. The first-order chi connectivity index (χ1) is 15.0. The van der Waals surface area contributed by atoms with Crippen LogP contribution in [-0.2, 0) is 17.3 Å². The predicted octanol–water partition coefficient (Wildman–Crippen LogP) is 3.98. The standard InChI is InChI=1S/C21H19F3N6O2/c1-12-5-4-6-14(26-12)17-27-16(10-13-7-8-25-15(9-13)21(22,23)24)28-18(29-17)30-11-20(2,3)32-19(30)31/h4-9H,10-11H2,1-3H3. The summed E-state index contributed by atoms with van der Waals surface area (Å²) in [4.78, 5) is 34.6. The molecule has 32 heavy (non-hydrogen) atoms. The molecule has 0 radical (unpaired) electrons. The summed E-state index contributed by atoms with van der Waals surface area (Å²) in [7, 11) is 0. The summed E-state index contributed by atoms with van der Waals surface area (Å²) in [5, 5.41) is 0. The summed E-state index contributed by atoms with van der Waals surface area (Å²) in [5.41, 5.74) is -0.242. The predicted molar refractivity (Wildman–Crippen MR) is 108 cm³/mol. The summed E-state index contributed by atoms with van der Waals surface area (Å²) in [6, 6.07) is 7.70. The fourth-order valence-electron chi connectivity index (χ4n) is 3.23. The van der Waals surface area contributed by atoms with E-state index in [4.69, 9.17) is 4.74 Å². The molecule has 4 rings (SSSR count). The fourth-order valence-corrected chi connectivity index (χ4v) is 3.23. The van der Waals surface area contributed by atoms with Crippen LogP contribution in [0.1, 0.15) is 36.6 Å². The second kappa shape index (κ2) is 7.81. The molecule has 3 aromatic heterocycles. The summed E-state index contributed by atoms with van der Waals surface area (Å²) >= 11 is 0. The molecule has 1 aliphatic heterocycles. The van der Waals surface area contributed by atoms with Gasteiger partial charge in [-0.05, 0) is 50.6 Å². The van der Waals surface area contributed by atoms with E-state index in [9.17, 15) is 18.0 Å². The third kappa shape index (κ3) is 4.66. The highest BCUT2D eigenvalue weighted by Gasteiger charge is 2.40. The van der Waals surface area contributed by atoms with Gasteiger partial charge in [0.1, 0.15) is 22.8 Å². The zero-order valence-electron chi connectivity index (χ0n) is 17.5. The van der Waals surface area contributed by atoms with E-state index < -0.39 is 23.6 Å². The third-order valence-corrected chi connectivity index (χ3v) is 4.63. The van der Waals surface area contributed by atoms with Gasteiger partial charge in [0.25, 0.3) is 0 Å². The fraction of sp³-hybridized carbons (Fsp3) is 0.333. The molecule has 0 aromatic carbocycles. The third-order valence-electron chi connectivity index (χ3n) is 4.63. The molecule has 0 aliphatic carbocycles. The van der Waals surface area contributed by atoms with Gasteiger partial charge in [-0.15, -0.1) is 0 Å². The number of amides is 1. The van der Waals surface area contributed by atoms with Crippen LogP contribution in [0.5, 0.6) is 0 Å². The zero-order valence-corrected chi connectivity index (χ0v) is 17.5. The van der Waals surface area contributed by atoms with Gasteiger partial charge < -0.3 is 4.74 Å². The summed E-state index contributed by atoms with van der Waals surface area (Å²) in [5.74, 6) is 0.440. The Hall–Kier alpha value is -3.63. The zero-order chi connectivity index (χ0) is 23.1. The van der Waals surface area contributed by atoms with Crippen LogP contribution in [-0.4, -0.2) is 43.2 Å². The van der Waals surface area contributed by atoms with Crippen molar-refractivity contribution in [2.75, 3.05) is 11.4 Å². The molecule has 0 bridgehead atoms. The van der Waals surface area contributed by atoms with Crippen molar-refractivity contribution < 1.29 is 22.7 Å². The number of pyridine rings is 2. The molecule has 0 unspecified atom stereocenters. The highest BCUT2D eigenvalue weighted by atomic mass is 19.4. The van der Waals surface area contributed by atoms with Crippen LogP contribution in [0.3, 0.4) is 0 Å². The second-order valence-corrected chi connectivity index (χ2v) is 7.98. The van der Waals surface area contributed by atoms with Gasteiger partial charge in [-0.2, -0.15) is 23.1 Å². The Morgan fingerprint density at radius 2 is 1.91 bits per heavy atom. The molecule has 8 nitrogen and oxygen atoms in total. The lowest BCUT2D eigenvalue weighted by Crippen LogP contribution is -2.30. The van der Waals surface area contributed by atoms with E-state index in [-0.39, 0.29) is 30.6 Å². The minimum absolute atomic E-state index is 0.0216. The van der Waals surface area contributed by atoms with Crippen LogP contribution < -0.4 is 4.90 Å². The molecule has 0 N–H and O–H groups in total. The van der Waals surface area contributed by atoms with Crippen molar-refractivity contribution in [3.8, 4) is 11.5 Å². The number of hydrogen-bond acceptors (Lipinski definition) is 7. The van der Waals surface area contributed by atoms with Crippen molar-refractivity contribution in [3.63, 3.8) is 0 Å². The van der Waals surface area contributed by atoms with Crippen molar-refractivity contribution in [2.24, 2.45) is 0 Å². The number of halogens is 3. The maximum Gasteiger partial charge on any atom is 0.433 e. The minimum Gasteiger partial charge on any atom is -0.441 e. The maximum atomic E-state index is 13.0. The molecule has 3 aromatic rings. The molecule has 1 saturated heterocycles. The Bertz CT molecular complexity index is 1180. The lowest BCUT2D eigenvalue weighted by Gasteiger charge is -2.15. The SMILES string of the molecule is Cc1cccc(-c2nc(Cc3ccnc(C(F)(F)F)c3)nc(N3CC(C)(C)OC3=O)n2)n1. The quantitative estimate of drug-likeness (QED) is 0.601. The number of hydrogen-bond donors (Lipinski definition) is 0. The van der Waals surface area contributed by atoms with Crippen molar-refractivity contribution in [3.05, 3.63) is 59.3 Å². The van der Waals surface area contributed by atoms with Crippen molar-refractivity contribution in [2.45, 2.75) is 39.0 Å². The number of nitrogens with zero attached hydrogens (tertiary/aromatic N) is 6. The van der Waals surface area contributed by atoms with Crippen molar-refractivity contribution in [1.29, 1.82) is 0 Å². The van der Waals surface area contributed by atoms with E-state index in [2.05, 4.69) is 24.9 Å². The summed E-state index contributed by atoms with van der Waals surface area (Å²) in [6.07, 6.45) is -4.11. The van der Waals surface area contributed by atoms with Gasteiger partial charge in [-0.1, -0.05) is 6.07 Å². The number of ether oxygens (including phenoxy) is 1. The average molecular weight is 444 g/mol. The molecular formula is C21H19F3N6O2. The van der Waals surface area contributed by atoms with Gasteiger partial charge in [0, 0.05) is 18.3 Å². The number of aryl methyl sites for hydroxylation is 1. The van der Waals surface area contributed by atoms with Gasteiger partial charge in [0.05, 0.1) is 6.54 Å². The van der Waals surface area contributed by atoms with Crippen LogP contribution in [0.2, 0.25) is 0 Å². The monoisotopic (exact) mass is 444 g/mol. The first-order valence-electron chi connectivity index (χ1n) is 9.72. The van der Waals surface area contributed by atoms with E-state index in [0.717, 1.165) is 18.0 Å². The number of aromatic nitrogens is 5. The van der Waals surface area contributed by atoms with Crippen LogP contribution in [0.25, 0.3) is 11.5 Å². The highest BCUT2D eigenvalue weighted by Crippen LogP contribution is 2.29. The molecule has 0 atom stereocenters. The number of alkyl halides is 3. The highest BCUT2D eigenvalue weighted by molar-refractivity contribution is 5.88. The summed E-state index contributed by atoms with van der Waals surface area (Å²) in [6.45, 7) is 5.53. The number of rotatable bonds is 4. The molecule has 11 heteroatoms. The van der Waals surface area contributed by atoms with E-state index >= 15 is 0 Å². The number of carbonyl (C=O) groups is 1. The average Bonchev–Trinajstić information content (AvgIpc) is 2.99. The lowest BCUT2D eigenvalue weighted by molar-refractivity contribution is -0.141. The van der Waals surface area contributed by atoms with E-state index in [1.165, 1.54) is 11.0 Å². The molecular weight excluding hydrogens is 425 g/mol. The topological polar surface area (TPSA) is 94.0 Å². The number of anilines is 1. The Morgan fingerprint density at radius 3 is 2.56 bits per heavy atom. The van der Waals surface area contributed by atoms with Crippen LogP contribution in [0.4, 0.5) is 23.9 Å². The van der Waals surface area contributed by atoms with Gasteiger partial charge in [-0.3, -0.25) is 4.98 Å².